The maximum absolute atomic E-state index is 13.4. The number of piperazine rings is 1. The second-order valence-electron chi connectivity index (χ2n) is 32.7. The zero-order valence-corrected chi connectivity index (χ0v) is 70.7. The monoisotopic (exact) mass is 1570 g/mol. The van der Waals surface area contributed by atoms with Gasteiger partial charge >= 0.3 is 36.1 Å². The number of benzene rings is 2. The van der Waals surface area contributed by atoms with Crippen molar-refractivity contribution in [3.63, 3.8) is 0 Å². The fourth-order valence-corrected chi connectivity index (χ4v) is 15.6. The summed E-state index contributed by atoms with van der Waals surface area (Å²) in [5, 5.41) is 5.67. The van der Waals surface area contributed by atoms with Crippen LogP contribution < -0.4 is 20.1 Å². The molecule has 0 radical (unpaired) electrons. The van der Waals surface area contributed by atoms with Crippen LogP contribution in [0, 0.1) is 11.8 Å². The fraction of sp³-hybridized carbons (Fsp3) is 0.783. The van der Waals surface area contributed by atoms with Gasteiger partial charge < -0.3 is 48.9 Å². The van der Waals surface area contributed by atoms with Crippen molar-refractivity contribution in [2.24, 2.45) is 11.8 Å². The Hall–Kier alpha value is -6.28. The van der Waals surface area contributed by atoms with E-state index in [1.807, 2.05) is 9.80 Å². The Labute approximate surface area is 677 Å². The van der Waals surface area contributed by atoms with Crippen LogP contribution in [0.5, 0.6) is 11.5 Å². The van der Waals surface area contributed by atoms with Crippen molar-refractivity contribution in [1.82, 2.24) is 30.2 Å². The summed E-state index contributed by atoms with van der Waals surface area (Å²) in [5.74, 6) is 1.11. The number of esters is 4. The van der Waals surface area contributed by atoms with Gasteiger partial charge in [0.05, 0.1) is 39.1 Å². The minimum absolute atomic E-state index is 0.0420. The molecule has 0 atom stereocenters. The van der Waals surface area contributed by atoms with Gasteiger partial charge in [0, 0.05) is 52.1 Å². The van der Waals surface area contributed by atoms with Gasteiger partial charge in [0.15, 0.2) is 0 Å². The lowest BCUT2D eigenvalue weighted by Crippen LogP contribution is -2.54. The van der Waals surface area contributed by atoms with Crippen molar-refractivity contribution in [3.05, 3.63) is 59.7 Å². The molecule has 3 fully saturated rings. The number of ether oxygens (including phenoxy) is 6. The molecule has 112 heavy (non-hydrogen) atoms. The van der Waals surface area contributed by atoms with Crippen LogP contribution in [0.2, 0.25) is 0 Å². The molecular formula is C92H154N6O14. The Balaban J connectivity index is 0.798. The van der Waals surface area contributed by atoms with E-state index in [9.17, 15) is 38.4 Å². The number of nitrogens with one attached hydrogen (secondary N) is 2. The minimum Gasteiger partial charge on any atom is -0.465 e. The Kier molecular flexibility index (Phi) is 54.2. The highest BCUT2D eigenvalue weighted by atomic mass is 16.6. The molecule has 2 N–H and O–H groups in total. The number of hydrogen-bond donors (Lipinski definition) is 2. The highest BCUT2D eigenvalue weighted by Gasteiger charge is 2.30. The number of piperidine rings is 2. The van der Waals surface area contributed by atoms with Gasteiger partial charge in [0.25, 0.3) is 0 Å². The number of amides is 4. The van der Waals surface area contributed by atoms with E-state index < -0.39 is 12.2 Å². The molecule has 0 unspecified atom stereocenters. The number of rotatable bonds is 64. The summed E-state index contributed by atoms with van der Waals surface area (Å²) in [6.45, 7) is 16.7. The summed E-state index contributed by atoms with van der Waals surface area (Å²) >= 11 is 0. The van der Waals surface area contributed by atoms with Crippen LogP contribution in [-0.4, -0.2) is 171 Å². The van der Waals surface area contributed by atoms with Crippen LogP contribution in [-0.2, 0) is 60.6 Å². The topological polar surface area (TPSA) is 229 Å². The van der Waals surface area contributed by atoms with Crippen molar-refractivity contribution in [2.75, 3.05) is 91.8 Å². The number of unbranched alkanes of at least 4 members (excludes halogenated alkanes) is 30. The zero-order chi connectivity index (χ0) is 80.1. The SMILES string of the molecule is CCCCCCCCC(CCCCCCCC)OC(=O)CCCCCCCCNC(=O)Oc1ccc(CC(=O)OCCC2CCN(CC(=O)N3CCN(C(=O)CN4CCC(CCOC(=O)Cc5ccc(OC(=O)NCCCCCCCCC(=O)OC(CCCCCCCC)CCCCCCCC)cc5)CC4)CC3)CC2)cc1. The second-order valence-corrected chi connectivity index (χ2v) is 32.7. The molecular weight excluding hydrogens is 1410 g/mol. The van der Waals surface area contributed by atoms with Gasteiger partial charge in [-0.25, -0.2) is 9.59 Å². The number of likely N-dealkylation sites (tertiary alicyclic amines) is 2. The van der Waals surface area contributed by atoms with Crippen molar-refractivity contribution in [3.8, 4) is 11.5 Å². The molecule has 20 nitrogen and oxygen atoms in total. The van der Waals surface area contributed by atoms with Crippen LogP contribution in [0.3, 0.4) is 0 Å². The summed E-state index contributed by atoms with van der Waals surface area (Å²) in [5.41, 5.74) is 1.54. The van der Waals surface area contributed by atoms with E-state index in [2.05, 4.69) is 48.1 Å². The molecule has 3 aliphatic rings. The lowest BCUT2D eigenvalue weighted by atomic mass is 9.94. The highest BCUT2D eigenvalue weighted by Crippen LogP contribution is 2.26. The Morgan fingerprint density at radius 1 is 0.348 bits per heavy atom. The van der Waals surface area contributed by atoms with E-state index in [1.165, 1.54) is 128 Å². The predicted molar refractivity (Wildman–Crippen MR) is 447 cm³/mol. The fourth-order valence-electron chi connectivity index (χ4n) is 15.6. The van der Waals surface area contributed by atoms with Crippen molar-refractivity contribution in [2.45, 2.75) is 361 Å². The summed E-state index contributed by atoms with van der Waals surface area (Å²) in [6.07, 6.45) is 51.1. The average Bonchev–Trinajstić information content (AvgIpc) is 0.849. The second kappa shape index (κ2) is 63.0. The van der Waals surface area contributed by atoms with Crippen molar-refractivity contribution in [1.29, 1.82) is 0 Å². The number of nitrogens with zero attached hydrogens (tertiary/aromatic N) is 4. The average molecular weight is 1570 g/mol. The van der Waals surface area contributed by atoms with Crippen LogP contribution in [0.25, 0.3) is 0 Å². The van der Waals surface area contributed by atoms with Crippen LogP contribution in [0.15, 0.2) is 48.5 Å². The van der Waals surface area contributed by atoms with Gasteiger partial charge in [-0.1, -0.05) is 232 Å². The van der Waals surface area contributed by atoms with E-state index in [0.717, 1.165) is 204 Å². The van der Waals surface area contributed by atoms with Gasteiger partial charge in [-0.3, -0.25) is 38.6 Å². The summed E-state index contributed by atoms with van der Waals surface area (Å²) < 4.78 is 34.2. The van der Waals surface area contributed by atoms with E-state index in [4.69, 9.17) is 28.4 Å². The molecule has 5 rings (SSSR count). The normalized spacial score (nSPS) is 14.5. The molecule has 0 spiro atoms. The highest BCUT2D eigenvalue weighted by molar-refractivity contribution is 5.81. The number of carbonyl (C=O) groups excluding carboxylic acids is 8. The molecule has 3 saturated heterocycles. The first kappa shape index (κ1) is 96.3. The van der Waals surface area contributed by atoms with Gasteiger partial charge in [-0.2, -0.15) is 0 Å². The zero-order valence-electron chi connectivity index (χ0n) is 70.7. The lowest BCUT2D eigenvalue weighted by molar-refractivity contribution is -0.151. The molecule has 0 aromatic heterocycles. The molecule has 2 aromatic carbocycles. The van der Waals surface area contributed by atoms with E-state index >= 15 is 0 Å². The van der Waals surface area contributed by atoms with Gasteiger partial charge in [-0.05, 0) is 189 Å². The third-order valence-corrected chi connectivity index (χ3v) is 22.9. The maximum Gasteiger partial charge on any atom is 0.412 e. The molecule has 3 heterocycles. The first-order valence-electron chi connectivity index (χ1n) is 45.5. The smallest absolute Gasteiger partial charge is 0.412 e. The van der Waals surface area contributed by atoms with Crippen molar-refractivity contribution < 1.29 is 66.8 Å². The predicted octanol–water partition coefficient (Wildman–Crippen LogP) is 19.9. The molecule has 0 bridgehead atoms. The van der Waals surface area contributed by atoms with Gasteiger partial charge in [0.1, 0.15) is 23.7 Å². The largest absolute Gasteiger partial charge is 0.465 e. The summed E-state index contributed by atoms with van der Waals surface area (Å²) in [4.78, 5) is 111. The minimum atomic E-state index is -0.510. The maximum atomic E-state index is 13.4. The Bertz CT molecular complexity index is 2580. The molecule has 20 heteroatoms. The van der Waals surface area contributed by atoms with Crippen LogP contribution >= 0.6 is 0 Å². The first-order chi connectivity index (χ1) is 54.7. The van der Waals surface area contributed by atoms with Crippen LogP contribution in [0.1, 0.15) is 347 Å². The summed E-state index contributed by atoms with van der Waals surface area (Å²) in [7, 11) is 0. The molecule has 0 aliphatic carbocycles. The van der Waals surface area contributed by atoms with Gasteiger partial charge in [0.2, 0.25) is 11.8 Å². The third kappa shape index (κ3) is 47.5. The molecule has 3 aliphatic heterocycles. The van der Waals surface area contributed by atoms with E-state index in [0.29, 0.717) is 102 Å². The van der Waals surface area contributed by atoms with Crippen LogP contribution in [0.4, 0.5) is 9.59 Å². The standard InChI is InChI=1S/C92H154N6O14/c1-5-9-13-17-25-33-41-81(42-34-26-18-14-10-6-2)109-87(101)45-37-29-21-23-31-39-61-93-91(105)111-83-51-47-79(48-52-83)73-89(103)107-71-59-77-55-63-95(64-56-77)75-85(99)97-67-69-98(70-68-97)86(100)76-96-65-57-78(58-66-96)60-72-108-90(104)74-80-49-53-84(54-50-80)112-92(106)94-62-40-32-24-22-30-38-46-88(102)110-82(43-35-27-19-15-11-7-3)44-36-28-20-16-12-8-4/h47-54,77-78,81-82H,5-46,55-76H2,1-4H3,(H,93,105)(H,94,106). The van der Waals surface area contributed by atoms with E-state index in [-0.39, 0.29) is 60.7 Å². The van der Waals surface area contributed by atoms with Gasteiger partial charge in [-0.15, -0.1) is 0 Å². The first-order valence-corrected chi connectivity index (χ1v) is 45.5. The Morgan fingerprint density at radius 2 is 0.634 bits per heavy atom. The molecule has 2 aromatic rings. The molecule has 0 saturated carbocycles. The van der Waals surface area contributed by atoms with E-state index in [1.54, 1.807) is 48.5 Å². The number of carbonyl (C=O) groups is 8. The summed E-state index contributed by atoms with van der Waals surface area (Å²) in [6, 6.07) is 13.8. The Morgan fingerprint density at radius 3 is 0.946 bits per heavy atom. The quantitative estimate of drug-likeness (QED) is 0.0356. The van der Waals surface area contributed by atoms with Crippen molar-refractivity contribution >= 4 is 47.9 Å². The molecule has 636 valence electrons. The number of hydrogen-bond acceptors (Lipinski definition) is 16. The lowest BCUT2D eigenvalue weighted by Gasteiger charge is -2.38. The third-order valence-electron chi connectivity index (χ3n) is 22.9. The molecule has 4 amide bonds.